The summed E-state index contributed by atoms with van der Waals surface area (Å²) < 4.78 is 4.76. The van der Waals surface area contributed by atoms with Gasteiger partial charge in [-0.05, 0) is 66.0 Å². The molecule has 1 atom stereocenters. The van der Waals surface area contributed by atoms with Gasteiger partial charge in [0.15, 0.2) is 0 Å². The van der Waals surface area contributed by atoms with Gasteiger partial charge >= 0.3 is 0 Å². The largest absolute Gasteiger partial charge is 0.402 e. The first-order valence-electron chi connectivity index (χ1n) is 19.8. The first-order valence-corrected chi connectivity index (χ1v) is 19.8. The molecule has 0 saturated heterocycles. The van der Waals surface area contributed by atoms with E-state index >= 15 is 0 Å². The maximum atomic E-state index is 6.60. The number of hydrogen-bond donors (Lipinski definition) is 1. The molecular formula is C49H54N6. The van der Waals surface area contributed by atoms with E-state index in [0.717, 1.165) is 78.2 Å². The van der Waals surface area contributed by atoms with Gasteiger partial charge in [0.25, 0.3) is 0 Å². The molecular weight excluding hydrogens is 673 g/mol. The fourth-order valence-corrected chi connectivity index (χ4v) is 7.48. The Morgan fingerprint density at radius 3 is 1.56 bits per heavy atom. The van der Waals surface area contributed by atoms with Gasteiger partial charge in [0.2, 0.25) is 5.95 Å². The summed E-state index contributed by atoms with van der Waals surface area (Å²) in [6, 6.07) is 41.2. The second-order valence-corrected chi connectivity index (χ2v) is 15.9. The third-order valence-electron chi connectivity index (χ3n) is 10.6. The molecule has 3 aromatic heterocycles. The second kappa shape index (κ2) is 15.5. The molecule has 1 unspecified atom stereocenters. The minimum atomic E-state index is -0.296. The molecule has 0 aliphatic carbocycles. The zero-order valence-corrected chi connectivity index (χ0v) is 33.7. The predicted molar refractivity (Wildman–Crippen MR) is 233 cm³/mol. The molecule has 0 aliphatic rings. The molecule has 280 valence electrons. The average molecular weight is 727 g/mol. The lowest BCUT2D eigenvalue weighted by Crippen LogP contribution is -2.16. The Labute approximate surface area is 326 Å². The Morgan fingerprint density at radius 1 is 0.582 bits per heavy atom. The topological polar surface area (TPSA) is 74.0 Å². The maximum absolute atomic E-state index is 6.60. The number of nitrogens with zero attached hydrogens (tertiary/aromatic N) is 5. The van der Waals surface area contributed by atoms with E-state index < -0.39 is 0 Å². The highest BCUT2D eigenvalue weighted by Gasteiger charge is 2.31. The Morgan fingerprint density at radius 2 is 1.05 bits per heavy atom. The molecule has 7 aromatic rings. The van der Waals surface area contributed by atoms with Crippen molar-refractivity contribution in [3.05, 3.63) is 138 Å². The van der Waals surface area contributed by atoms with Crippen LogP contribution in [0.3, 0.4) is 0 Å². The number of nitrogens with two attached hydrogens (primary N) is 1. The van der Waals surface area contributed by atoms with Crippen molar-refractivity contribution in [1.82, 2.24) is 19.1 Å². The van der Waals surface area contributed by atoms with Crippen molar-refractivity contribution in [2.24, 2.45) is 22.6 Å². The summed E-state index contributed by atoms with van der Waals surface area (Å²) in [4.78, 5) is 16.3. The molecule has 0 fully saturated rings. The highest BCUT2D eigenvalue weighted by Crippen LogP contribution is 2.50. The molecule has 0 aliphatic heterocycles. The molecule has 55 heavy (non-hydrogen) atoms. The van der Waals surface area contributed by atoms with Gasteiger partial charge in [0.1, 0.15) is 6.17 Å². The van der Waals surface area contributed by atoms with Crippen LogP contribution in [0.15, 0.2) is 132 Å². The van der Waals surface area contributed by atoms with Gasteiger partial charge in [0, 0.05) is 44.7 Å². The van der Waals surface area contributed by atoms with Gasteiger partial charge in [-0.1, -0.05) is 152 Å². The van der Waals surface area contributed by atoms with Crippen LogP contribution < -0.4 is 5.73 Å². The number of fused-ring (bicyclic) bond motifs is 2. The monoisotopic (exact) mass is 726 g/mol. The smallest absolute Gasteiger partial charge is 0.235 e. The number of allylic oxidation sites excluding steroid dienone is 2. The average Bonchev–Trinajstić information content (AvgIpc) is 3.71. The van der Waals surface area contributed by atoms with E-state index in [1.165, 1.54) is 0 Å². The maximum Gasteiger partial charge on any atom is 0.235 e. The van der Waals surface area contributed by atoms with E-state index in [0.29, 0.717) is 5.95 Å². The Balaban J connectivity index is 1.72. The molecule has 6 nitrogen and oxygen atoms in total. The Hall–Kier alpha value is -5.75. The lowest BCUT2D eigenvalue weighted by molar-refractivity contribution is 0.594. The van der Waals surface area contributed by atoms with Crippen LogP contribution in [-0.4, -0.2) is 24.8 Å². The van der Waals surface area contributed by atoms with Crippen LogP contribution in [0, 0.1) is 11.8 Å². The highest BCUT2D eigenvalue weighted by atomic mass is 15.2. The van der Waals surface area contributed by atoms with Gasteiger partial charge in [-0.25, -0.2) is 9.97 Å². The summed E-state index contributed by atoms with van der Waals surface area (Å²) in [5.74, 6) is 1.50. The van der Waals surface area contributed by atoms with Gasteiger partial charge < -0.3 is 10.3 Å². The first-order chi connectivity index (χ1) is 26.5. The van der Waals surface area contributed by atoms with Crippen molar-refractivity contribution in [1.29, 1.82) is 0 Å². The molecule has 0 amide bonds. The lowest BCUT2D eigenvalue weighted by Gasteiger charge is -2.22. The van der Waals surface area contributed by atoms with Gasteiger partial charge in [-0.15, -0.1) is 0 Å². The molecule has 4 aromatic carbocycles. The van der Waals surface area contributed by atoms with Crippen molar-refractivity contribution in [2.45, 2.75) is 80.3 Å². The summed E-state index contributed by atoms with van der Waals surface area (Å²) in [7, 11) is 0. The van der Waals surface area contributed by atoms with Crippen molar-refractivity contribution in [3.8, 4) is 39.6 Å². The SMILES string of the molecule is CC(C)C(/C=C(\N)C(C)C)=NC(C)n1c(-c2c(-c3ccccc3)c3ccccc3n2-c2nc(C(C)C)cc(C(C)C)n2)c(-c2ccccc2)c2ccccc21. The Kier molecular flexibility index (Phi) is 10.6. The van der Waals surface area contributed by atoms with E-state index in [2.05, 4.69) is 193 Å². The van der Waals surface area contributed by atoms with E-state index in [1.54, 1.807) is 0 Å². The third-order valence-corrected chi connectivity index (χ3v) is 10.6. The minimum Gasteiger partial charge on any atom is -0.402 e. The normalized spacial score (nSPS) is 13.3. The van der Waals surface area contributed by atoms with E-state index in [-0.39, 0.29) is 29.8 Å². The van der Waals surface area contributed by atoms with Crippen LogP contribution in [0.1, 0.15) is 91.7 Å². The van der Waals surface area contributed by atoms with Gasteiger partial charge in [-0.3, -0.25) is 9.56 Å². The quantitative estimate of drug-likeness (QED) is 0.135. The number of aromatic nitrogens is 4. The zero-order chi connectivity index (χ0) is 39.0. The van der Waals surface area contributed by atoms with Crippen LogP contribution >= 0.6 is 0 Å². The molecule has 7 rings (SSSR count). The molecule has 0 radical (unpaired) electrons. The lowest BCUT2D eigenvalue weighted by atomic mass is 9.95. The molecule has 0 bridgehead atoms. The van der Waals surface area contributed by atoms with Crippen molar-refractivity contribution in [2.75, 3.05) is 0 Å². The minimum absolute atomic E-state index is 0.173. The standard InChI is InChI=1S/C49H54N6/c1-30(2)39(50)28-40(31(3)4)51-34(9)54-43-26-18-16-24-37(43)45(35-20-12-10-13-21-35)47(54)48-46(36-22-14-11-15-23-36)38-25-17-19-27-44(38)55(48)49-52-41(32(5)6)29-42(53-49)33(7)8/h10-34H,50H2,1-9H3/b39-28-,51-40?. The van der Waals surface area contributed by atoms with E-state index in [1.807, 2.05) is 0 Å². The van der Waals surface area contributed by atoms with Crippen LogP contribution in [0.5, 0.6) is 0 Å². The van der Waals surface area contributed by atoms with Crippen LogP contribution in [0.2, 0.25) is 0 Å². The van der Waals surface area contributed by atoms with Gasteiger partial charge in [-0.2, -0.15) is 0 Å². The highest BCUT2D eigenvalue weighted by molar-refractivity contribution is 6.12. The van der Waals surface area contributed by atoms with Gasteiger partial charge in [0.05, 0.1) is 22.4 Å². The Bertz CT molecular complexity index is 2490. The van der Waals surface area contributed by atoms with Crippen molar-refractivity contribution < 1.29 is 0 Å². The first kappa shape index (κ1) is 37.6. The number of hydrogen-bond acceptors (Lipinski definition) is 4. The fourth-order valence-electron chi connectivity index (χ4n) is 7.48. The number of rotatable bonds is 11. The number of para-hydroxylation sites is 2. The van der Waals surface area contributed by atoms with Crippen molar-refractivity contribution >= 4 is 27.5 Å². The number of benzene rings is 4. The van der Waals surface area contributed by atoms with E-state index in [9.17, 15) is 0 Å². The summed E-state index contributed by atoms with van der Waals surface area (Å²) >= 11 is 0. The molecule has 2 N–H and O–H groups in total. The van der Waals surface area contributed by atoms with Crippen molar-refractivity contribution in [3.63, 3.8) is 0 Å². The molecule has 0 spiro atoms. The van der Waals surface area contributed by atoms with E-state index in [4.69, 9.17) is 20.7 Å². The van der Waals surface area contributed by atoms with Crippen LogP contribution in [0.4, 0.5) is 0 Å². The van der Waals surface area contributed by atoms with Crippen LogP contribution in [-0.2, 0) is 0 Å². The summed E-state index contributed by atoms with van der Waals surface area (Å²) in [6.07, 6.45) is 1.79. The number of aliphatic imine (C=N–C) groups is 1. The fraction of sp³-hybridized carbons (Fsp3) is 0.286. The second-order valence-electron chi connectivity index (χ2n) is 15.9. The molecule has 6 heteroatoms. The zero-order valence-electron chi connectivity index (χ0n) is 33.7. The summed E-state index contributed by atoms with van der Waals surface area (Å²) in [6.45, 7) is 19.7. The third kappa shape index (κ3) is 7.14. The summed E-state index contributed by atoms with van der Waals surface area (Å²) in [5, 5.41) is 2.29. The van der Waals surface area contributed by atoms with Crippen LogP contribution in [0.25, 0.3) is 61.4 Å². The predicted octanol–water partition coefficient (Wildman–Crippen LogP) is 12.7. The molecule has 3 heterocycles. The molecule has 0 saturated carbocycles. The summed E-state index contributed by atoms with van der Waals surface area (Å²) in [5.41, 5.74) is 19.2.